The Bertz CT molecular complexity index is 566. The molecule has 6 nitrogen and oxygen atoms in total. The van der Waals surface area contributed by atoms with Gasteiger partial charge in [-0.2, -0.15) is 0 Å². The van der Waals surface area contributed by atoms with E-state index in [4.69, 9.17) is 4.74 Å². The topological polar surface area (TPSA) is 61.9 Å². The Morgan fingerprint density at radius 1 is 1.12 bits per heavy atom. The number of anilines is 1. The van der Waals surface area contributed by atoms with E-state index in [-0.39, 0.29) is 12.0 Å². The Labute approximate surface area is 150 Å². The van der Waals surface area contributed by atoms with Crippen molar-refractivity contribution in [2.45, 2.75) is 33.1 Å². The minimum Gasteiger partial charge on any atom is -0.450 e. The fourth-order valence-electron chi connectivity index (χ4n) is 2.84. The Kier molecular flexibility index (Phi) is 7.25. The molecule has 1 saturated heterocycles. The molecule has 2 rings (SSSR count). The zero-order chi connectivity index (χ0) is 18.2. The van der Waals surface area contributed by atoms with Gasteiger partial charge in [0.15, 0.2) is 0 Å². The molecule has 2 amide bonds. The number of piperazine rings is 1. The number of rotatable bonds is 6. The van der Waals surface area contributed by atoms with E-state index in [9.17, 15) is 9.59 Å². The van der Waals surface area contributed by atoms with E-state index in [2.05, 4.69) is 36.2 Å². The SMILES string of the molecule is CCOC(=O)N1CCN(CC(=O)Nc2ccc([C@H](C)CC)cc2)CC1. The second kappa shape index (κ2) is 9.42. The summed E-state index contributed by atoms with van der Waals surface area (Å²) in [6.07, 6.45) is 0.830. The lowest BCUT2D eigenvalue weighted by molar-refractivity contribution is -0.117. The maximum absolute atomic E-state index is 12.2. The van der Waals surface area contributed by atoms with Crippen LogP contribution < -0.4 is 5.32 Å². The molecule has 0 unspecified atom stereocenters. The maximum atomic E-state index is 12.2. The second-order valence-corrected chi connectivity index (χ2v) is 6.44. The second-order valence-electron chi connectivity index (χ2n) is 6.44. The summed E-state index contributed by atoms with van der Waals surface area (Å²) in [5, 5.41) is 2.94. The highest BCUT2D eigenvalue weighted by Gasteiger charge is 2.23. The van der Waals surface area contributed by atoms with Crippen molar-refractivity contribution in [2.24, 2.45) is 0 Å². The highest BCUT2D eigenvalue weighted by atomic mass is 16.6. The summed E-state index contributed by atoms with van der Waals surface area (Å²) in [6, 6.07) is 8.06. The molecule has 1 heterocycles. The third kappa shape index (κ3) is 5.74. The van der Waals surface area contributed by atoms with E-state index in [1.165, 1.54) is 5.56 Å². The number of hydrogen-bond donors (Lipinski definition) is 1. The standard InChI is InChI=1S/C19H29N3O3/c1-4-15(3)16-6-8-17(9-7-16)20-18(23)14-21-10-12-22(13-11-21)19(24)25-5-2/h6-9,15H,4-5,10-14H2,1-3H3,(H,20,23)/t15-/m1/s1. The molecule has 0 aliphatic carbocycles. The average molecular weight is 347 g/mol. The first-order chi connectivity index (χ1) is 12.0. The van der Waals surface area contributed by atoms with Gasteiger partial charge < -0.3 is 15.0 Å². The zero-order valence-corrected chi connectivity index (χ0v) is 15.5. The third-order valence-corrected chi connectivity index (χ3v) is 4.64. The molecule has 0 aromatic heterocycles. The van der Waals surface area contributed by atoms with Crippen molar-refractivity contribution in [3.63, 3.8) is 0 Å². The van der Waals surface area contributed by atoms with E-state index in [0.29, 0.717) is 45.2 Å². The molecule has 0 radical (unpaired) electrons. The lowest BCUT2D eigenvalue weighted by Gasteiger charge is -2.33. The van der Waals surface area contributed by atoms with Crippen molar-refractivity contribution in [2.75, 3.05) is 44.6 Å². The molecule has 0 spiro atoms. The smallest absolute Gasteiger partial charge is 0.409 e. The minimum atomic E-state index is -0.270. The highest BCUT2D eigenvalue weighted by Crippen LogP contribution is 2.20. The Morgan fingerprint density at radius 3 is 2.32 bits per heavy atom. The summed E-state index contributed by atoms with van der Waals surface area (Å²) in [5.41, 5.74) is 2.11. The van der Waals surface area contributed by atoms with Gasteiger partial charge >= 0.3 is 6.09 Å². The van der Waals surface area contributed by atoms with E-state index >= 15 is 0 Å². The summed E-state index contributed by atoms with van der Waals surface area (Å²) in [7, 11) is 0. The van der Waals surface area contributed by atoms with Crippen molar-refractivity contribution in [3.8, 4) is 0 Å². The zero-order valence-electron chi connectivity index (χ0n) is 15.5. The molecule has 1 atom stereocenters. The fraction of sp³-hybridized carbons (Fsp3) is 0.579. The first kappa shape index (κ1) is 19.2. The van der Waals surface area contributed by atoms with Crippen LogP contribution in [0.2, 0.25) is 0 Å². The Balaban J connectivity index is 1.76. The highest BCUT2D eigenvalue weighted by molar-refractivity contribution is 5.92. The van der Waals surface area contributed by atoms with Gasteiger partial charge in [-0.15, -0.1) is 0 Å². The molecule has 1 aliphatic heterocycles. The summed E-state index contributed by atoms with van der Waals surface area (Å²) in [6.45, 7) is 9.43. The summed E-state index contributed by atoms with van der Waals surface area (Å²) >= 11 is 0. The number of nitrogens with zero attached hydrogens (tertiary/aromatic N) is 2. The lowest BCUT2D eigenvalue weighted by atomic mass is 9.99. The molecule has 0 saturated carbocycles. The number of ether oxygens (including phenoxy) is 1. The van der Waals surface area contributed by atoms with Gasteiger partial charge in [-0.1, -0.05) is 26.0 Å². The molecule has 1 aromatic rings. The average Bonchev–Trinajstić information content (AvgIpc) is 2.62. The normalized spacial score (nSPS) is 16.4. The van der Waals surface area contributed by atoms with Crippen LogP contribution in [0.1, 0.15) is 38.7 Å². The van der Waals surface area contributed by atoms with Gasteiger partial charge in [0.25, 0.3) is 0 Å². The van der Waals surface area contributed by atoms with Crippen LogP contribution in [0.4, 0.5) is 10.5 Å². The van der Waals surface area contributed by atoms with Crippen molar-refractivity contribution in [1.82, 2.24) is 9.80 Å². The van der Waals surface area contributed by atoms with Crippen LogP contribution in [-0.4, -0.2) is 61.1 Å². The van der Waals surface area contributed by atoms with Crippen LogP contribution in [0.3, 0.4) is 0 Å². The van der Waals surface area contributed by atoms with Crippen LogP contribution in [0, 0.1) is 0 Å². The van der Waals surface area contributed by atoms with Gasteiger partial charge in [-0.3, -0.25) is 9.69 Å². The summed E-state index contributed by atoms with van der Waals surface area (Å²) < 4.78 is 5.00. The fourth-order valence-corrected chi connectivity index (χ4v) is 2.84. The van der Waals surface area contributed by atoms with E-state index < -0.39 is 0 Å². The van der Waals surface area contributed by atoms with E-state index in [0.717, 1.165) is 12.1 Å². The van der Waals surface area contributed by atoms with Gasteiger partial charge in [0, 0.05) is 31.9 Å². The molecule has 1 aromatic carbocycles. The maximum Gasteiger partial charge on any atom is 0.409 e. The number of carbonyl (C=O) groups is 2. The van der Waals surface area contributed by atoms with Crippen LogP contribution in [-0.2, 0) is 9.53 Å². The molecule has 1 aliphatic rings. The van der Waals surface area contributed by atoms with Gasteiger partial charge in [0.1, 0.15) is 0 Å². The quantitative estimate of drug-likeness (QED) is 0.859. The molecule has 25 heavy (non-hydrogen) atoms. The number of nitrogens with one attached hydrogen (secondary N) is 1. The van der Waals surface area contributed by atoms with Gasteiger partial charge in [-0.05, 0) is 37.0 Å². The van der Waals surface area contributed by atoms with Gasteiger partial charge in [0.2, 0.25) is 5.91 Å². The molecule has 1 fully saturated rings. The van der Waals surface area contributed by atoms with E-state index in [1.54, 1.807) is 11.8 Å². The predicted octanol–water partition coefficient (Wildman–Crippen LogP) is 2.91. The van der Waals surface area contributed by atoms with Gasteiger partial charge in [0.05, 0.1) is 13.2 Å². The molecular formula is C19H29N3O3. The van der Waals surface area contributed by atoms with Crippen LogP contribution in [0.25, 0.3) is 0 Å². The summed E-state index contributed by atoms with van der Waals surface area (Å²) in [4.78, 5) is 27.6. The molecule has 1 N–H and O–H groups in total. The largest absolute Gasteiger partial charge is 0.450 e. The Hall–Kier alpha value is -2.08. The first-order valence-electron chi connectivity index (χ1n) is 9.07. The molecular weight excluding hydrogens is 318 g/mol. The van der Waals surface area contributed by atoms with Crippen molar-refractivity contribution < 1.29 is 14.3 Å². The number of amides is 2. The monoisotopic (exact) mass is 347 g/mol. The summed E-state index contributed by atoms with van der Waals surface area (Å²) in [5.74, 6) is 0.501. The van der Waals surface area contributed by atoms with Crippen molar-refractivity contribution in [1.29, 1.82) is 0 Å². The molecule has 6 heteroatoms. The Morgan fingerprint density at radius 2 is 1.76 bits per heavy atom. The molecule has 0 bridgehead atoms. The van der Waals surface area contributed by atoms with Crippen LogP contribution in [0.5, 0.6) is 0 Å². The van der Waals surface area contributed by atoms with Crippen molar-refractivity contribution in [3.05, 3.63) is 29.8 Å². The van der Waals surface area contributed by atoms with Crippen molar-refractivity contribution >= 4 is 17.7 Å². The van der Waals surface area contributed by atoms with E-state index in [1.807, 2.05) is 12.1 Å². The third-order valence-electron chi connectivity index (χ3n) is 4.64. The number of benzene rings is 1. The molecule has 138 valence electrons. The minimum absolute atomic E-state index is 0.0270. The van der Waals surface area contributed by atoms with Crippen LogP contribution >= 0.6 is 0 Å². The first-order valence-corrected chi connectivity index (χ1v) is 9.07. The van der Waals surface area contributed by atoms with Gasteiger partial charge in [-0.25, -0.2) is 4.79 Å². The number of hydrogen-bond acceptors (Lipinski definition) is 4. The van der Waals surface area contributed by atoms with Crippen LogP contribution in [0.15, 0.2) is 24.3 Å². The number of carbonyl (C=O) groups excluding carboxylic acids is 2. The predicted molar refractivity (Wildman–Crippen MR) is 98.8 cm³/mol. The lowest BCUT2D eigenvalue weighted by Crippen LogP contribution is -2.50.